The lowest BCUT2D eigenvalue weighted by atomic mass is 10.0. The molecule has 1 aliphatic rings. The Morgan fingerprint density at radius 3 is 2.90 bits per heavy atom. The van der Waals surface area contributed by atoms with Gasteiger partial charge in [-0.15, -0.1) is 0 Å². The van der Waals surface area contributed by atoms with E-state index in [1.807, 2.05) is 11.8 Å². The van der Waals surface area contributed by atoms with E-state index in [0.29, 0.717) is 5.92 Å². The molecule has 0 N–H and O–H groups in total. The van der Waals surface area contributed by atoms with Crippen molar-refractivity contribution in [2.45, 2.75) is 19.4 Å². The van der Waals surface area contributed by atoms with E-state index in [1.54, 1.807) is 6.92 Å². The van der Waals surface area contributed by atoms with Crippen molar-refractivity contribution in [2.75, 3.05) is 11.5 Å². The summed E-state index contributed by atoms with van der Waals surface area (Å²) >= 11 is 1.82. The van der Waals surface area contributed by atoms with Gasteiger partial charge in [0.2, 0.25) is 6.04 Å². The van der Waals surface area contributed by atoms with Crippen LogP contribution in [-0.2, 0) is 0 Å². The van der Waals surface area contributed by atoms with Crippen LogP contribution in [0.1, 0.15) is 13.3 Å². The molecule has 0 aliphatic carbocycles. The standard InChI is InChI=1S/C6H11NO2S/c1-5(7(8)9)6-2-3-10-4-6/h5-6H,2-4H2,1H3. The number of hydrogen-bond donors (Lipinski definition) is 0. The van der Waals surface area contributed by atoms with Crippen molar-refractivity contribution >= 4 is 11.8 Å². The molecule has 0 bridgehead atoms. The van der Waals surface area contributed by atoms with E-state index >= 15 is 0 Å². The molecule has 0 saturated carbocycles. The molecule has 2 atom stereocenters. The van der Waals surface area contributed by atoms with Gasteiger partial charge in [-0.25, -0.2) is 0 Å². The van der Waals surface area contributed by atoms with Gasteiger partial charge in [-0.05, 0) is 12.2 Å². The monoisotopic (exact) mass is 161 g/mol. The summed E-state index contributed by atoms with van der Waals surface area (Å²) in [5.74, 6) is 2.39. The van der Waals surface area contributed by atoms with E-state index in [0.717, 1.165) is 17.9 Å². The maximum atomic E-state index is 10.3. The van der Waals surface area contributed by atoms with Gasteiger partial charge in [0.05, 0.1) is 0 Å². The highest BCUT2D eigenvalue weighted by molar-refractivity contribution is 7.99. The molecular weight excluding hydrogens is 150 g/mol. The summed E-state index contributed by atoms with van der Waals surface area (Å²) in [6.07, 6.45) is 1.02. The third kappa shape index (κ3) is 1.62. The average Bonchev–Trinajstić information content (AvgIpc) is 2.36. The topological polar surface area (TPSA) is 43.1 Å². The Labute approximate surface area is 64.3 Å². The molecule has 1 aliphatic heterocycles. The van der Waals surface area contributed by atoms with Crippen LogP contribution in [0.3, 0.4) is 0 Å². The summed E-state index contributed by atoms with van der Waals surface area (Å²) in [5.41, 5.74) is 0. The Morgan fingerprint density at radius 1 is 1.80 bits per heavy atom. The second-order valence-corrected chi connectivity index (χ2v) is 3.80. The van der Waals surface area contributed by atoms with E-state index in [9.17, 15) is 10.1 Å². The molecule has 0 aromatic heterocycles. The number of hydrogen-bond acceptors (Lipinski definition) is 3. The van der Waals surface area contributed by atoms with Gasteiger partial charge in [0, 0.05) is 23.5 Å². The van der Waals surface area contributed by atoms with E-state index in [1.165, 1.54) is 0 Å². The largest absolute Gasteiger partial charge is 0.264 e. The fraction of sp³-hybridized carbons (Fsp3) is 1.00. The first-order valence-corrected chi connectivity index (χ1v) is 4.58. The molecular formula is C6H11NO2S. The zero-order valence-corrected chi connectivity index (χ0v) is 6.76. The molecule has 0 radical (unpaired) electrons. The molecule has 0 amide bonds. The van der Waals surface area contributed by atoms with Crippen LogP contribution in [0.5, 0.6) is 0 Å². The van der Waals surface area contributed by atoms with Crippen molar-refractivity contribution in [3.8, 4) is 0 Å². The van der Waals surface area contributed by atoms with Crippen molar-refractivity contribution < 1.29 is 4.92 Å². The first-order valence-electron chi connectivity index (χ1n) is 3.43. The number of rotatable bonds is 2. The molecule has 1 heterocycles. The van der Waals surface area contributed by atoms with Crippen molar-refractivity contribution in [2.24, 2.45) is 5.92 Å². The lowest BCUT2D eigenvalue weighted by Gasteiger charge is -2.08. The van der Waals surface area contributed by atoms with Crippen LogP contribution in [0, 0.1) is 16.0 Å². The highest BCUT2D eigenvalue weighted by Crippen LogP contribution is 2.26. The van der Waals surface area contributed by atoms with Crippen molar-refractivity contribution in [3.05, 3.63) is 10.1 Å². The maximum Gasteiger partial charge on any atom is 0.214 e. The summed E-state index contributed by atoms with van der Waals surface area (Å²) in [5, 5.41) is 10.3. The van der Waals surface area contributed by atoms with E-state index in [4.69, 9.17) is 0 Å². The van der Waals surface area contributed by atoms with Gasteiger partial charge >= 0.3 is 0 Å². The minimum absolute atomic E-state index is 0.170. The van der Waals surface area contributed by atoms with Crippen LogP contribution >= 0.6 is 11.8 Å². The molecule has 10 heavy (non-hydrogen) atoms. The fourth-order valence-corrected chi connectivity index (χ4v) is 2.49. The summed E-state index contributed by atoms with van der Waals surface area (Å²) in [7, 11) is 0. The predicted octanol–water partition coefficient (Wildman–Crippen LogP) is 1.40. The molecule has 2 unspecified atom stereocenters. The van der Waals surface area contributed by atoms with Crippen LogP contribution in [0.2, 0.25) is 0 Å². The predicted molar refractivity (Wildman–Crippen MR) is 41.9 cm³/mol. The average molecular weight is 161 g/mol. The lowest BCUT2D eigenvalue weighted by molar-refractivity contribution is -0.526. The second-order valence-electron chi connectivity index (χ2n) is 2.65. The normalized spacial score (nSPS) is 28.3. The Hall–Kier alpha value is -0.250. The van der Waals surface area contributed by atoms with Gasteiger partial charge < -0.3 is 0 Å². The smallest absolute Gasteiger partial charge is 0.214 e. The minimum Gasteiger partial charge on any atom is -0.264 e. The first kappa shape index (κ1) is 7.85. The highest BCUT2D eigenvalue weighted by atomic mass is 32.2. The number of thioether (sulfide) groups is 1. The van der Waals surface area contributed by atoms with Gasteiger partial charge in [-0.2, -0.15) is 11.8 Å². The fourth-order valence-electron chi connectivity index (χ4n) is 1.11. The Morgan fingerprint density at radius 2 is 2.50 bits per heavy atom. The maximum absolute atomic E-state index is 10.3. The Bertz CT molecular complexity index is 134. The van der Waals surface area contributed by atoms with E-state index < -0.39 is 0 Å². The van der Waals surface area contributed by atoms with Gasteiger partial charge in [0.25, 0.3) is 0 Å². The summed E-state index contributed by atoms with van der Waals surface area (Å²) < 4.78 is 0. The third-order valence-electron chi connectivity index (χ3n) is 1.98. The molecule has 0 aromatic carbocycles. The van der Waals surface area contributed by atoms with Crippen molar-refractivity contribution in [1.82, 2.24) is 0 Å². The minimum atomic E-state index is -0.338. The summed E-state index contributed by atoms with van der Waals surface area (Å²) in [4.78, 5) is 10.1. The Kier molecular flexibility index (Phi) is 2.54. The molecule has 1 fully saturated rings. The van der Waals surface area contributed by atoms with Crippen LogP contribution in [0.4, 0.5) is 0 Å². The van der Waals surface area contributed by atoms with Gasteiger partial charge in [-0.1, -0.05) is 0 Å². The van der Waals surface area contributed by atoms with Crippen LogP contribution in [0.15, 0.2) is 0 Å². The van der Waals surface area contributed by atoms with E-state index in [2.05, 4.69) is 0 Å². The number of nitro groups is 1. The zero-order valence-electron chi connectivity index (χ0n) is 5.95. The second kappa shape index (κ2) is 3.23. The molecule has 0 aromatic rings. The van der Waals surface area contributed by atoms with Crippen molar-refractivity contribution in [1.29, 1.82) is 0 Å². The summed E-state index contributed by atoms with van der Waals surface area (Å²) in [6.45, 7) is 1.70. The quantitative estimate of drug-likeness (QED) is 0.454. The lowest BCUT2D eigenvalue weighted by Crippen LogP contribution is -2.25. The molecule has 1 rings (SSSR count). The van der Waals surface area contributed by atoms with Crippen LogP contribution in [0.25, 0.3) is 0 Å². The zero-order chi connectivity index (χ0) is 7.56. The van der Waals surface area contributed by atoms with E-state index in [-0.39, 0.29) is 11.0 Å². The van der Waals surface area contributed by atoms with Crippen LogP contribution < -0.4 is 0 Å². The van der Waals surface area contributed by atoms with Gasteiger partial charge in [0.1, 0.15) is 0 Å². The van der Waals surface area contributed by atoms with Crippen LogP contribution in [-0.4, -0.2) is 22.5 Å². The Balaban J connectivity index is 2.39. The molecule has 58 valence electrons. The van der Waals surface area contributed by atoms with Gasteiger partial charge in [-0.3, -0.25) is 10.1 Å². The molecule has 0 spiro atoms. The molecule has 1 saturated heterocycles. The van der Waals surface area contributed by atoms with Crippen molar-refractivity contribution in [3.63, 3.8) is 0 Å². The molecule has 4 heteroatoms. The first-order chi connectivity index (χ1) is 4.72. The summed E-state index contributed by atoms with van der Waals surface area (Å²) in [6, 6.07) is -0.338. The van der Waals surface area contributed by atoms with Gasteiger partial charge in [0.15, 0.2) is 0 Å². The number of nitrogens with zero attached hydrogens (tertiary/aromatic N) is 1. The third-order valence-corrected chi connectivity index (χ3v) is 3.17. The SMILES string of the molecule is CC(C1CCSC1)[N+](=O)[O-]. The highest BCUT2D eigenvalue weighted by Gasteiger charge is 2.29. The molecule has 3 nitrogen and oxygen atoms in total.